The molecule has 0 aromatic heterocycles. The van der Waals surface area contributed by atoms with E-state index in [0.717, 1.165) is 32.6 Å². The number of rotatable bonds is 3. The molecule has 2 heterocycles. The van der Waals surface area contributed by atoms with E-state index in [4.69, 9.17) is 0 Å². The minimum atomic E-state index is -0.186. The molecule has 2 atom stereocenters. The highest BCUT2D eigenvalue weighted by Crippen LogP contribution is 2.22. The average molecular weight is 329 g/mol. The molecule has 2 saturated heterocycles. The molecule has 24 heavy (non-hydrogen) atoms. The quantitative estimate of drug-likeness (QED) is 0.917. The Morgan fingerprint density at radius 2 is 1.83 bits per heavy atom. The van der Waals surface area contributed by atoms with Crippen molar-refractivity contribution in [1.82, 2.24) is 15.1 Å². The van der Waals surface area contributed by atoms with E-state index >= 15 is 0 Å². The van der Waals surface area contributed by atoms with E-state index in [1.54, 1.807) is 0 Å². The van der Waals surface area contributed by atoms with Crippen molar-refractivity contribution in [2.24, 2.45) is 0 Å². The first-order valence-corrected chi connectivity index (χ1v) is 8.75. The van der Waals surface area contributed by atoms with Gasteiger partial charge in [0.2, 0.25) is 5.91 Å². The van der Waals surface area contributed by atoms with Crippen LogP contribution in [-0.4, -0.2) is 60.4 Å². The van der Waals surface area contributed by atoms with Gasteiger partial charge in [-0.3, -0.25) is 14.5 Å². The molecule has 0 saturated carbocycles. The average Bonchev–Trinajstić information content (AvgIpc) is 2.92. The maximum atomic E-state index is 12.4. The van der Waals surface area contributed by atoms with Crippen LogP contribution < -0.4 is 5.32 Å². The van der Waals surface area contributed by atoms with E-state index in [9.17, 15) is 9.59 Å². The van der Waals surface area contributed by atoms with E-state index < -0.39 is 0 Å². The molecule has 1 N–H and O–H groups in total. The van der Waals surface area contributed by atoms with Crippen LogP contribution in [0.25, 0.3) is 0 Å². The molecule has 0 aliphatic carbocycles. The minimum absolute atomic E-state index is 0.0289. The molecular formula is C19H27N3O2. The molecule has 0 spiro atoms. The Bertz CT molecular complexity index is 618. The van der Waals surface area contributed by atoms with Crippen LogP contribution >= 0.6 is 0 Å². The highest BCUT2D eigenvalue weighted by Gasteiger charge is 2.34. The molecule has 2 amide bonds. The molecule has 1 aromatic rings. The molecule has 3 rings (SSSR count). The highest BCUT2D eigenvalue weighted by molar-refractivity contribution is 5.96. The largest absolute Gasteiger partial charge is 0.343 e. The molecule has 2 aliphatic heterocycles. The Hall–Kier alpha value is -1.88. The molecule has 130 valence electrons. The summed E-state index contributed by atoms with van der Waals surface area (Å²) in [6.07, 6.45) is 1.05. The normalized spacial score (nSPS) is 23.2. The number of amides is 2. The van der Waals surface area contributed by atoms with Crippen LogP contribution in [0.5, 0.6) is 0 Å². The van der Waals surface area contributed by atoms with Crippen LogP contribution in [0.4, 0.5) is 0 Å². The van der Waals surface area contributed by atoms with Crippen molar-refractivity contribution in [3.8, 4) is 0 Å². The molecule has 2 fully saturated rings. The van der Waals surface area contributed by atoms with Gasteiger partial charge in [0.05, 0.1) is 6.54 Å². The highest BCUT2D eigenvalue weighted by atomic mass is 16.2. The zero-order chi connectivity index (χ0) is 17.3. The Morgan fingerprint density at radius 3 is 2.50 bits per heavy atom. The Labute approximate surface area is 144 Å². The number of benzene rings is 1. The minimum Gasteiger partial charge on any atom is -0.343 e. The van der Waals surface area contributed by atoms with E-state index in [0.29, 0.717) is 11.6 Å². The van der Waals surface area contributed by atoms with E-state index in [-0.39, 0.29) is 23.8 Å². The molecule has 1 aromatic carbocycles. The van der Waals surface area contributed by atoms with Gasteiger partial charge in [-0.25, -0.2) is 0 Å². The number of hydrogen-bond donors (Lipinski definition) is 1. The van der Waals surface area contributed by atoms with Gasteiger partial charge in [-0.2, -0.15) is 0 Å². The van der Waals surface area contributed by atoms with Crippen LogP contribution in [0.2, 0.25) is 0 Å². The Balaban J connectivity index is 1.54. The summed E-state index contributed by atoms with van der Waals surface area (Å²) in [4.78, 5) is 29.0. The molecule has 5 nitrogen and oxygen atoms in total. The van der Waals surface area contributed by atoms with Gasteiger partial charge >= 0.3 is 0 Å². The number of carbonyl (C=O) groups is 2. The fourth-order valence-corrected chi connectivity index (χ4v) is 3.51. The zero-order valence-corrected chi connectivity index (χ0v) is 14.8. The summed E-state index contributed by atoms with van der Waals surface area (Å²) in [6, 6.07) is 7.95. The van der Waals surface area contributed by atoms with Gasteiger partial charge in [0.25, 0.3) is 5.91 Å². The molecule has 1 unspecified atom stereocenters. The van der Waals surface area contributed by atoms with Crippen molar-refractivity contribution in [2.45, 2.75) is 38.6 Å². The first kappa shape index (κ1) is 17.0. The summed E-state index contributed by atoms with van der Waals surface area (Å²) in [6.45, 7) is 10.3. The van der Waals surface area contributed by atoms with Crippen LogP contribution in [0.15, 0.2) is 24.3 Å². The second-order valence-corrected chi connectivity index (χ2v) is 7.84. The zero-order valence-electron chi connectivity index (χ0n) is 14.8. The third kappa shape index (κ3) is 3.61. The number of nitrogens with zero attached hydrogens (tertiary/aromatic N) is 2. The smallest absolute Gasteiger partial charge is 0.251 e. The van der Waals surface area contributed by atoms with E-state index in [1.807, 2.05) is 29.2 Å². The third-order valence-corrected chi connectivity index (χ3v) is 5.08. The lowest BCUT2D eigenvalue weighted by molar-refractivity contribution is -0.133. The summed E-state index contributed by atoms with van der Waals surface area (Å²) in [5.74, 6) is -0.157. The second kappa shape index (κ2) is 6.55. The lowest BCUT2D eigenvalue weighted by Gasteiger charge is -2.34. The SMILES string of the molecule is CC(C)(C)c1ccc(C(=O)NCC(=O)N2CCN3CC[C@H]2C3)cc1. The Morgan fingerprint density at radius 1 is 1.12 bits per heavy atom. The van der Waals surface area contributed by atoms with Crippen molar-refractivity contribution >= 4 is 11.8 Å². The number of nitrogens with one attached hydrogen (secondary N) is 1. The maximum absolute atomic E-state index is 12.4. The van der Waals surface area contributed by atoms with Crippen molar-refractivity contribution in [3.05, 3.63) is 35.4 Å². The van der Waals surface area contributed by atoms with E-state index in [1.165, 1.54) is 5.56 Å². The first-order chi connectivity index (χ1) is 11.3. The van der Waals surface area contributed by atoms with Gasteiger partial charge in [0, 0.05) is 37.8 Å². The summed E-state index contributed by atoms with van der Waals surface area (Å²) in [5, 5.41) is 2.77. The first-order valence-electron chi connectivity index (χ1n) is 8.75. The number of piperazine rings is 1. The van der Waals surface area contributed by atoms with E-state index in [2.05, 4.69) is 31.0 Å². The summed E-state index contributed by atoms with van der Waals surface area (Å²) >= 11 is 0. The van der Waals surface area contributed by atoms with Gasteiger partial charge in [0.1, 0.15) is 0 Å². The van der Waals surface area contributed by atoms with Crippen LogP contribution in [0.1, 0.15) is 43.1 Å². The fourth-order valence-electron chi connectivity index (χ4n) is 3.51. The summed E-state index contributed by atoms with van der Waals surface area (Å²) < 4.78 is 0. The molecule has 2 aliphatic rings. The molecular weight excluding hydrogens is 302 g/mol. The lowest BCUT2D eigenvalue weighted by atomic mass is 9.87. The maximum Gasteiger partial charge on any atom is 0.251 e. The number of hydrogen-bond acceptors (Lipinski definition) is 3. The number of fused-ring (bicyclic) bond motifs is 2. The van der Waals surface area contributed by atoms with Gasteiger partial charge < -0.3 is 10.2 Å². The monoisotopic (exact) mass is 329 g/mol. The van der Waals surface area contributed by atoms with Gasteiger partial charge in [-0.1, -0.05) is 32.9 Å². The van der Waals surface area contributed by atoms with Crippen molar-refractivity contribution in [3.63, 3.8) is 0 Å². The van der Waals surface area contributed by atoms with Gasteiger partial charge in [-0.05, 0) is 29.5 Å². The molecule has 2 bridgehead atoms. The van der Waals surface area contributed by atoms with Crippen molar-refractivity contribution < 1.29 is 9.59 Å². The second-order valence-electron chi connectivity index (χ2n) is 7.84. The predicted molar refractivity (Wildman–Crippen MR) is 94.0 cm³/mol. The predicted octanol–water partition coefficient (Wildman–Crippen LogP) is 1.63. The topological polar surface area (TPSA) is 52.7 Å². The van der Waals surface area contributed by atoms with Gasteiger partial charge in [-0.15, -0.1) is 0 Å². The van der Waals surface area contributed by atoms with Crippen LogP contribution in [0.3, 0.4) is 0 Å². The summed E-state index contributed by atoms with van der Waals surface area (Å²) in [5.41, 5.74) is 1.85. The summed E-state index contributed by atoms with van der Waals surface area (Å²) in [7, 11) is 0. The number of carbonyl (C=O) groups excluding carboxylic acids is 2. The molecule has 0 radical (unpaired) electrons. The Kier molecular flexibility index (Phi) is 4.63. The van der Waals surface area contributed by atoms with Crippen LogP contribution in [0, 0.1) is 0 Å². The standard InChI is InChI=1S/C19H27N3O2/c1-19(2,3)15-6-4-14(5-7-15)18(24)20-12-17(23)22-11-10-21-9-8-16(22)13-21/h4-7,16H,8-13H2,1-3H3,(H,20,24)/t16-/m0/s1. The van der Waals surface area contributed by atoms with Crippen LogP contribution in [-0.2, 0) is 10.2 Å². The lowest BCUT2D eigenvalue weighted by Crippen LogP contribution is -2.52. The molecule has 5 heteroatoms. The van der Waals surface area contributed by atoms with Gasteiger partial charge in [0.15, 0.2) is 0 Å². The van der Waals surface area contributed by atoms with Crippen molar-refractivity contribution in [2.75, 3.05) is 32.7 Å². The fraction of sp³-hybridized carbons (Fsp3) is 0.579. The van der Waals surface area contributed by atoms with Crippen molar-refractivity contribution in [1.29, 1.82) is 0 Å². The third-order valence-electron chi connectivity index (χ3n) is 5.08.